The zero-order chi connectivity index (χ0) is 16.8. The molecule has 0 aromatic heterocycles. The summed E-state index contributed by atoms with van der Waals surface area (Å²) in [6.07, 6.45) is 0. The molecule has 0 heterocycles. The molecular weight excluding hydrogens is 306 g/mol. The van der Waals surface area contributed by atoms with Crippen LogP contribution in [0.15, 0.2) is 18.2 Å². The van der Waals surface area contributed by atoms with Gasteiger partial charge in [0.25, 0.3) is 0 Å². The average Bonchev–Trinajstić information content (AvgIpc) is 2.53. The lowest BCUT2D eigenvalue weighted by Gasteiger charge is -2.27. The van der Waals surface area contributed by atoms with E-state index in [1.54, 1.807) is 38.3 Å². The molecular formula is C16H24ClNO4. The third-order valence-electron chi connectivity index (χ3n) is 3.32. The number of methoxy groups -OCH3 is 2. The van der Waals surface area contributed by atoms with Crippen LogP contribution in [0, 0.1) is 5.41 Å². The average molecular weight is 330 g/mol. The quantitative estimate of drug-likeness (QED) is 0.688. The van der Waals surface area contributed by atoms with Gasteiger partial charge in [0.2, 0.25) is 11.7 Å². The first-order valence-electron chi connectivity index (χ1n) is 7.02. The number of halogens is 1. The number of likely N-dealkylation sites (N-methyl/N-ethyl adjacent to an activating group) is 1. The molecule has 0 saturated heterocycles. The number of hydrogen-bond donors (Lipinski definition) is 0. The van der Waals surface area contributed by atoms with Crippen LogP contribution in [-0.2, 0) is 4.79 Å². The number of carbonyl (C=O) groups excluding carboxylic acids is 1. The molecule has 5 nitrogen and oxygen atoms in total. The van der Waals surface area contributed by atoms with Crippen molar-refractivity contribution in [1.29, 1.82) is 0 Å². The molecule has 0 bridgehead atoms. The van der Waals surface area contributed by atoms with Crippen molar-refractivity contribution in [2.24, 2.45) is 5.41 Å². The lowest BCUT2D eigenvalue weighted by Crippen LogP contribution is -2.41. The molecule has 1 aromatic carbocycles. The first-order chi connectivity index (χ1) is 10.4. The molecule has 0 spiro atoms. The summed E-state index contributed by atoms with van der Waals surface area (Å²) in [6.45, 7) is 4.42. The fraction of sp³-hybridized carbons (Fsp3) is 0.562. The highest BCUT2D eigenvalue weighted by atomic mass is 35.5. The maximum atomic E-state index is 12.2. The van der Waals surface area contributed by atoms with Gasteiger partial charge in [0.1, 0.15) is 6.61 Å². The van der Waals surface area contributed by atoms with E-state index in [2.05, 4.69) is 0 Å². The molecule has 1 amide bonds. The first kappa shape index (κ1) is 18.4. The van der Waals surface area contributed by atoms with E-state index in [0.29, 0.717) is 30.4 Å². The van der Waals surface area contributed by atoms with E-state index in [1.165, 1.54) is 0 Å². The zero-order valence-corrected chi connectivity index (χ0v) is 14.6. The Bertz CT molecular complexity index is 483. The molecule has 22 heavy (non-hydrogen) atoms. The molecule has 0 atom stereocenters. The summed E-state index contributed by atoms with van der Waals surface area (Å²) in [4.78, 5) is 13.8. The normalized spacial score (nSPS) is 11.0. The molecule has 0 saturated carbocycles. The maximum absolute atomic E-state index is 12.2. The maximum Gasteiger partial charge on any atom is 0.229 e. The van der Waals surface area contributed by atoms with Crippen molar-refractivity contribution in [1.82, 2.24) is 4.90 Å². The Morgan fingerprint density at radius 3 is 2.23 bits per heavy atom. The van der Waals surface area contributed by atoms with Gasteiger partial charge >= 0.3 is 0 Å². The lowest BCUT2D eigenvalue weighted by molar-refractivity contribution is -0.138. The van der Waals surface area contributed by atoms with E-state index in [9.17, 15) is 4.79 Å². The van der Waals surface area contributed by atoms with E-state index < -0.39 is 5.41 Å². The van der Waals surface area contributed by atoms with Crippen LogP contribution in [-0.4, -0.2) is 51.1 Å². The molecule has 0 aliphatic heterocycles. The predicted molar refractivity (Wildman–Crippen MR) is 87.2 cm³/mol. The van der Waals surface area contributed by atoms with Crippen LogP contribution in [0.25, 0.3) is 0 Å². The fourth-order valence-electron chi connectivity index (χ4n) is 1.92. The van der Waals surface area contributed by atoms with Crippen molar-refractivity contribution in [3.63, 3.8) is 0 Å². The van der Waals surface area contributed by atoms with Gasteiger partial charge in [-0.25, -0.2) is 0 Å². The van der Waals surface area contributed by atoms with Gasteiger partial charge in [0, 0.05) is 12.9 Å². The largest absolute Gasteiger partial charge is 0.493 e. The smallest absolute Gasteiger partial charge is 0.229 e. The van der Waals surface area contributed by atoms with Crippen molar-refractivity contribution >= 4 is 17.5 Å². The van der Waals surface area contributed by atoms with Gasteiger partial charge in [-0.05, 0) is 26.0 Å². The van der Waals surface area contributed by atoms with E-state index in [4.69, 9.17) is 25.8 Å². The number of benzene rings is 1. The number of carbonyl (C=O) groups is 1. The topological polar surface area (TPSA) is 48.0 Å². The highest BCUT2D eigenvalue weighted by molar-refractivity contribution is 6.19. The van der Waals surface area contributed by atoms with Crippen LogP contribution in [0.5, 0.6) is 17.2 Å². The van der Waals surface area contributed by atoms with Crippen molar-refractivity contribution in [3.05, 3.63) is 18.2 Å². The Morgan fingerprint density at radius 1 is 1.23 bits per heavy atom. The SMILES string of the molecule is COc1cccc(OC)c1OCCN(C)C(=O)C(C)(C)CCl. The molecule has 0 unspecified atom stereocenters. The third-order valence-corrected chi connectivity index (χ3v) is 3.98. The van der Waals surface area contributed by atoms with E-state index in [1.807, 2.05) is 19.9 Å². The highest BCUT2D eigenvalue weighted by Crippen LogP contribution is 2.36. The number of ether oxygens (including phenoxy) is 3. The van der Waals surface area contributed by atoms with E-state index in [-0.39, 0.29) is 11.8 Å². The summed E-state index contributed by atoms with van der Waals surface area (Å²) in [5.74, 6) is 1.98. The molecule has 124 valence electrons. The molecule has 0 aliphatic carbocycles. The third kappa shape index (κ3) is 4.44. The lowest BCUT2D eigenvalue weighted by atomic mass is 9.94. The monoisotopic (exact) mass is 329 g/mol. The van der Waals surface area contributed by atoms with Gasteiger partial charge in [-0.2, -0.15) is 0 Å². The molecule has 0 aliphatic rings. The van der Waals surface area contributed by atoms with E-state index in [0.717, 1.165) is 0 Å². The van der Waals surface area contributed by atoms with Crippen molar-refractivity contribution < 1.29 is 19.0 Å². The van der Waals surface area contributed by atoms with Gasteiger partial charge in [-0.15, -0.1) is 11.6 Å². The number of rotatable bonds is 8. The van der Waals surface area contributed by atoms with Crippen LogP contribution in [0.4, 0.5) is 0 Å². The van der Waals surface area contributed by atoms with E-state index >= 15 is 0 Å². The number of hydrogen-bond acceptors (Lipinski definition) is 4. The van der Waals surface area contributed by atoms with Crippen molar-refractivity contribution in [2.45, 2.75) is 13.8 Å². The van der Waals surface area contributed by atoms with Gasteiger partial charge < -0.3 is 19.1 Å². The second kappa shape index (κ2) is 8.13. The Morgan fingerprint density at radius 2 is 1.77 bits per heavy atom. The van der Waals surface area contributed by atoms with Crippen LogP contribution in [0.3, 0.4) is 0 Å². The van der Waals surface area contributed by atoms with Crippen molar-refractivity contribution in [3.8, 4) is 17.2 Å². The molecule has 1 rings (SSSR count). The van der Waals surface area contributed by atoms with Gasteiger partial charge in [0.05, 0.1) is 26.2 Å². The molecule has 0 fully saturated rings. The standard InChI is InChI=1S/C16H24ClNO4/c1-16(2,11-17)15(19)18(3)9-10-22-14-12(20-4)7-6-8-13(14)21-5/h6-8H,9-11H2,1-5H3. The number of alkyl halides is 1. The van der Waals surface area contributed by atoms with Crippen molar-refractivity contribution in [2.75, 3.05) is 40.3 Å². The van der Waals surface area contributed by atoms with Crippen LogP contribution >= 0.6 is 11.6 Å². The summed E-state index contributed by atoms with van der Waals surface area (Å²) in [5.41, 5.74) is -0.585. The van der Waals surface area contributed by atoms with Crippen LogP contribution in [0.2, 0.25) is 0 Å². The summed E-state index contributed by atoms with van der Waals surface area (Å²) >= 11 is 5.83. The summed E-state index contributed by atoms with van der Waals surface area (Å²) in [7, 11) is 4.87. The second-order valence-electron chi connectivity index (χ2n) is 5.58. The summed E-state index contributed by atoms with van der Waals surface area (Å²) < 4.78 is 16.3. The predicted octanol–water partition coefficient (Wildman–Crippen LogP) is 2.81. The second-order valence-corrected chi connectivity index (χ2v) is 5.85. The Kier molecular flexibility index (Phi) is 6.81. The van der Waals surface area contributed by atoms with Gasteiger partial charge in [0.15, 0.2) is 11.5 Å². The number of amides is 1. The summed E-state index contributed by atoms with van der Waals surface area (Å²) in [5, 5.41) is 0. The molecule has 1 aromatic rings. The molecule has 6 heteroatoms. The van der Waals surface area contributed by atoms with Gasteiger partial charge in [-0.1, -0.05) is 6.07 Å². The Labute approximate surface area is 137 Å². The minimum Gasteiger partial charge on any atom is -0.493 e. The minimum atomic E-state index is -0.585. The molecule has 0 radical (unpaired) electrons. The Hall–Kier alpha value is -1.62. The van der Waals surface area contributed by atoms with Gasteiger partial charge in [-0.3, -0.25) is 4.79 Å². The minimum absolute atomic E-state index is 0.0157. The first-order valence-corrected chi connectivity index (χ1v) is 7.56. The Balaban J connectivity index is 2.67. The van der Waals surface area contributed by atoms with Crippen LogP contribution < -0.4 is 14.2 Å². The molecule has 0 N–H and O–H groups in total. The zero-order valence-electron chi connectivity index (χ0n) is 13.8. The number of para-hydroxylation sites is 1. The highest BCUT2D eigenvalue weighted by Gasteiger charge is 2.29. The number of nitrogens with zero attached hydrogens (tertiary/aromatic N) is 1. The summed E-state index contributed by atoms with van der Waals surface area (Å²) in [6, 6.07) is 5.41. The van der Waals surface area contributed by atoms with Crippen LogP contribution in [0.1, 0.15) is 13.8 Å². The fourth-order valence-corrected chi connectivity index (χ4v) is 2.03.